The van der Waals surface area contributed by atoms with Crippen molar-refractivity contribution in [1.29, 1.82) is 0 Å². The van der Waals surface area contributed by atoms with E-state index in [-0.39, 0.29) is 36.6 Å². The van der Waals surface area contributed by atoms with Gasteiger partial charge in [-0.25, -0.2) is 0 Å². The first kappa shape index (κ1) is 22.9. The van der Waals surface area contributed by atoms with Crippen LogP contribution >= 0.6 is 0 Å². The van der Waals surface area contributed by atoms with Crippen molar-refractivity contribution in [2.75, 3.05) is 25.6 Å². The predicted octanol–water partition coefficient (Wildman–Crippen LogP) is 3.64. The summed E-state index contributed by atoms with van der Waals surface area (Å²) in [5.41, 5.74) is 1.69. The number of furan rings is 1. The number of methoxy groups -OCH3 is 1. The molecule has 2 atom stereocenters. The topological polar surface area (TPSA) is 115 Å². The fourth-order valence-electron chi connectivity index (χ4n) is 5.08. The minimum atomic E-state index is -0.657. The van der Waals surface area contributed by atoms with E-state index < -0.39 is 18.5 Å². The molecule has 1 saturated heterocycles. The Bertz CT molecular complexity index is 1300. The number of carbonyl (C=O) groups excluding carboxylic acids is 4. The molecule has 1 aliphatic heterocycles. The van der Waals surface area contributed by atoms with Crippen LogP contribution < -0.4 is 10.1 Å². The summed E-state index contributed by atoms with van der Waals surface area (Å²) in [4.78, 5) is 50.8. The smallest absolute Gasteiger partial charge is 0.308 e. The number of likely N-dealkylation sites (tertiary alicyclic amines) is 1. The molecule has 1 saturated carbocycles. The maximum absolute atomic E-state index is 12.5. The van der Waals surface area contributed by atoms with Crippen molar-refractivity contribution in [3.05, 3.63) is 36.4 Å². The van der Waals surface area contributed by atoms with Gasteiger partial charge in [0.15, 0.2) is 6.61 Å². The predicted molar refractivity (Wildman–Crippen MR) is 127 cm³/mol. The third-order valence-electron chi connectivity index (χ3n) is 6.81. The molecule has 9 heteroatoms. The Kier molecular flexibility index (Phi) is 6.15. The molecule has 5 rings (SSSR count). The molecule has 2 aromatic carbocycles. The van der Waals surface area contributed by atoms with Crippen LogP contribution in [0.2, 0.25) is 0 Å². The number of ether oxygens (including phenoxy) is 2. The van der Waals surface area contributed by atoms with Crippen LogP contribution in [-0.4, -0.2) is 48.9 Å². The first-order valence-electron chi connectivity index (χ1n) is 11.8. The Hall–Kier alpha value is -3.88. The molecule has 1 aromatic heterocycles. The number of hydrogen-bond donors (Lipinski definition) is 1. The van der Waals surface area contributed by atoms with Gasteiger partial charge in [0.05, 0.1) is 31.1 Å². The van der Waals surface area contributed by atoms with Gasteiger partial charge in [-0.05, 0) is 25.0 Å². The highest BCUT2D eigenvalue weighted by Crippen LogP contribution is 2.38. The molecular formula is C26H26N2O7. The van der Waals surface area contributed by atoms with Crippen molar-refractivity contribution < 1.29 is 33.1 Å². The average molecular weight is 479 g/mol. The van der Waals surface area contributed by atoms with Crippen molar-refractivity contribution in [2.45, 2.75) is 32.1 Å². The molecule has 2 fully saturated rings. The molecule has 0 spiro atoms. The Morgan fingerprint density at radius 3 is 2.46 bits per heavy atom. The van der Waals surface area contributed by atoms with Crippen molar-refractivity contribution >= 4 is 51.3 Å². The zero-order valence-corrected chi connectivity index (χ0v) is 19.4. The first-order chi connectivity index (χ1) is 17.0. The van der Waals surface area contributed by atoms with E-state index in [0.29, 0.717) is 17.0 Å². The number of nitrogens with zero attached hydrogens (tertiary/aromatic N) is 1. The van der Waals surface area contributed by atoms with E-state index in [2.05, 4.69) is 5.32 Å². The molecular weight excluding hydrogens is 452 g/mol. The fourth-order valence-corrected chi connectivity index (χ4v) is 5.08. The summed E-state index contributed by atoms with van der Waals surface area (Å²) in [6, 6.07) is 11.0. The summed E-state index contributed by atoms with van der Waals surface area (Å²) >= 11 is 0. The van der Waals surface area contributed by atoms with E-state index in [1.807, 2.05) is 24.3 Å². The number of carbonyl (C=O) groups is 4. The molecule has 3 aromatic rings. The molecule has 0 radical (unpaired) electrons. The van der Waals surface area contributed by atoms with Gasteiger partial charge in [-0.15, -0.1) is 0 Å². The van der Waals surface area contributed by atoms with Gasteiger partial charge in [-0.3, -0.25) is 24.1 Å². The van der Waals surface area contributed by atoms with Crippen molar-refractivity contribution in [2.24, 2.45) is 11.8 Å². The molecule has 1 aliphatic carbocycles. The van der Waals surface area contributed by atoms with Gasteiger partial charge in [0.1, 0.15) is 16.9 Å². The molecule has 3 amide bonds. The molecule has 182 valence electrons. The molecule has 0 bridgehead atoms. The Morgan fingerprint density at radius 1 is 1.03 bits per heavy atom. The van der Waals surface area contributed by atoms with Gasteiger partial charge >= 0.3 is 5.97 Å². The minimum absolute atomic E-state index is 0.0261. The Balaban J connectivity index is 1.17. The van der Waals surface area contributed by atoms with E-state index in [9.17, 15) is 19.2 Å². The van der Waals surface area contributed by atoms with Crippen LogP contribution in [-0.2, 0) is 23.9 Å². The fraction of sp³-hybridized carbons (Fsp3) is 0.385. The van der Waals surface area contributed by atoms with Crippen LogP contribution in [0.5, 0.6) is 5.75 Å². The second-order valence-electron chi connectivity index (χ2n) is 8.93. The zero-order chi connectivity index (χ0) is 24.5. The highest BCUT2D eigenvalue weighted by molar-refractivity contribution is 6.08. The standard InChI is InChI=1S/C26H26N2O7/c1-33-22-12-18-15-6-4-5-9-20(15)35-21(18)13-19(22)27-23(29)14-34-24(30)10-11-28-25(31)16-7-2-3-8-17(16)26(28)32/h4-6,9,12-13,16-17H,2-3,7-8,10-11,14H2,1H3,(H,27,29)/t16-,17-/m1/s1. The van der Waals surface area contributed by atoms with E-state index >= 15 is 0 Å². The normalized spacial score (nSPS) is 19.7. The molecule has 9 nitrogen and oxygen atoms in total. The van der Waals surface area contributed by atoms with Crippen molar-refractivity contribution in [3.63, 3.8) is 0 Å². The number of hydrogen-bond acceptors (Lipinski definition) is 7. The minimum Gasteiger partial charge on any atom is -0.495 e. The second kappa shape index (κ2) is 9.40. The van der Waals surface area contributed by atoms with Gasteiger partial charge in [-0.1, -0.05) is 31.0 Å². The van der Waals surface area contributed by atoms with Gasteiger partial charge in [0.25, 0.3) is 5.91 Å². The summed E-state index contributed by atoms with van der Waals surface area (Å²) in [5, 5.41) is 4.47. The third kappa shape index (κ3) is 4.34. The van der Waals surface area contributed by atoms with Crippen LogP contribution in [0.15, 0.2) is 40.8 Å². The number of amides is 3. The van der Waals surface area contributed by atoms with E-state index in [4.69, 9.17) is 13.9 Å². The van der Waals surface area contributed by atoms with Crippen LogP contribution in [0, 0.1) is 11.8 Å². The van der Waals surface area contributed by atoms with Crippen LogP contribution in [0.3, 0.4) is 0 Å². The number of benzene rings is 2. The molecule has 0 unspecified atom stereocenters. The van der Waals surface area contributed by atoms with E-state index in [0.717, 1.165) is 42.0 Å². The highest BCUT2D eigenvalue weighted by Gasteiger charge is 2.47. The van der Waals surface area contributed by atoms with Crippen LogP contribution in [0.25, 0.3) is 21.9 Å². The summed E-state index contributed by atoms with van der Waals surface area (Å²) in [7, 11) is 1.50. The lowest BCUT2D eigenvalue weighted by Gasteiger charge is -2.19. The van der Waals surface area contributed by atoms with Gasteiger partial charge in [-0.2, -0.15) is 0 Å². The lowest BCUT2D eigenvalue weighted by atomic mass is 9.81. The molecule has 2 heterocycles. The van der Waals surface area contributed by atoms with Gasteiger partial charge in [0.2, 0.25) is 11.8 Å². The number of imide groups is 1. The maximum Gasteiger partial charge on any atom is 0.308 e. The Morgan fingerprint density at radius 2 is 1.74 bits per heavy atom. The SMILES string of the molecule is COc1cc2c(cc1NC(=O)COC(=O)CCN1C(=O)[C@@H]3CCCC[C@H]3C1=O)oc1ccccc12. The van der Waals surface area contributed by atoms with Crippen LogP contribution in [0.4, 0.5) is 5.69 Å². The lowest BCUT2D eigenvalue weighted by Crippen LogP contribution is -2.33. The summed E-state index contributed by atoms with van der Waals surface area (Å²) in [6.07, 6.45) is 3.18. The number of esters is 1. The summed E-state index contributed by atoms with van der Waals surface area (Å²) in [6.45, 7) is -0.533. The zero-order valence-electron chi connectivity index (χ0n) is 19.4. The van der Waals surface area contributed by atoms with Gasteiger partial charge in [0, 0.05) is 23.4 Å². The molecule has 35 heavy (non-hydrogen) atoms. The van der Waals surface area contributed by atoms with Crippen LogP contribution in [0.1, 0.15) is 32.1 Å². The number of para-hydroxylation sites is 1. The lowest BCUT2D eigenvalue weighted by molar-refractivity contribution is -0.148. The summed E-state index contributed by atoms with van der Waals surface area (Å²) in [5.74, 6) is -1.66. The quantitative estimate of drug-likeness (QED) is 0.407. The maximum atomic E-state index is 12.5. The average Bonchev–Trinajstić information content (AvgIpc) is 3.35. The first-order valence-corrected chi connectivity index (χ1v) is 11.8. The largest absolute Gasteiger partial charge is 0.495 e. The molecule has 2 aliphatic rings. The number of fused-ring (bicyclic) bond motifs is 4. The van der Waals surface area contributed by atoms with Gasteiger partial charge < -0.3 is 19.2 Å². The third-order valence-corrected chi connectivity index (χ3v) is 6.81. The molecule has 1 N–H and O–H groups in total. The highest BCUT2D eigenvalue weighted by atomic mass is 16.5. The van der Waals surface area contributed by atoms with Crippen molar-refractivity contribution in [3.8, 4) is 5.75 Å². The van der Waals surface area contributed by atoms with E-state index in [1.165, 1.54) is 12.0 Å². The van der Waals surface area contributed by atoms with Crippen molar-refractivity contribution in [1.82, 2.24) is 4.90 Å². The summed E-state index contributed by atoms with van der Waals surface area (Å²) < 4.78 is 16.3. The monoisotopic (exact) mass is 478 g/mol. The Labute approximate surface area is 201 Å². The van der Waals surface area contributed by atoms with E-state index in [1.54, 1.807) is 12.1 Å². The number of nitrogens with one attached hydrogen (secondary N) is 1. The second-order valence-corrected chi connectivity index (χ2v) is 8.93. The number of rotatable bonds is 7. The number of anilines is 1.